The van der Waals surface area contributed by atoms with Gasteiger partial charge in [-0.3, -0.25) is 4.79 Å². The van der Waals surface area contributed by atoms with Crippen LogP contribution in [0, 0.1) is 11.8 Å². The summed E-state index contributed by atoms with van der Waals surface area (Å²) in [5.41, 5.74) is 0. The molecule has 2 fully saturated rings. The third-order valence-corrected chi connectivity index (χ3v) is 4.43. The van der Waals surface area contributed by atoms with Gasteiger partial charge in [0.25, 0.3) is 0 Å². The molecule has 1 N–H and O–H groups in total. The van der Waals surface area contributed by atoms with E-state index in [0.29, 0.717) is 11.8 Å². The first-order valence-corrected chi connectivity index (χ1v) is 7.77. The van der Waals surface area contributed by atoms with Gasteiger partial charge in [0, 0.05) is 24.9 Å². The molecule has 0 spiro atoms. The molecule has 4 heteroatoms. The molecule has 1 aliphatic carbocycles. The minimum absolute atomic E-state index is 0.125. The Morgan fingerprint density at radius 3 is 3.00 bits per heavy atom. The maximum Gasteiger partial charge on any atom is 0.223 e. The lowest BCUT2D eigenvalue weighted by atomic mass is 10.1. The molecule has 110 valence electrons. The predicted molar refractivity (Wildman–Crippen MR) is 77.4 cm³/mol. The van der Waals surface area contributed by atoms with Gasteiger partial charge >= 0.3 is 0 Å². The molecular weight excluding hydrogens is 252 g/mol. The first-order valence-electron chi connectivity index (χ1n) is 7.77. The molecule has 2 heterocycles. The van der Waals surface area contributed by atoms with Crippen LogP contribution in [0.1, 0.15) is 37.9 Å². The van der Waals surface area contributed by atoms with E-state index >= 15 is 0 Å². The number of hydrogen-bond donors (Lipinski definition) is 1. The smallest absolute Gasteiger partial charge is 0.223 e. The Balaban J connectivity index is 1.37. The molecule has 1 aromatic heterocycles. The van der Waals surface area contributed by atoms with E-state index in [1.807, 2.05) is 12.1 Å². The fourth-order valence-electron chi connectivity index (χ4n) is 3.18. The van der Waals surface area contributed by atoms with E-state index in [0.717, 1.165) is 25.3 Å². The lowest BCUT2D eigenvalue weighted by Gasteiger charge is -2.20. The first-order chi connectivity index (χ1) is 9.74. The van der Waals surface area contributed by atoms with Gasteiger partial charge in [0.2, 0.25) is 5.91 Å². The average molecular weight is 276 g/mol. The van der Waals surface area contributed by atoms with Crippen molar-refractivity contribution in [3.05, 3.63) is 24.2 Å². The fraction of sp³-hybridized carbons (Fsp3) is 0.688. The summed E-state index contributed by atoms with van der Waals surface area (Å²) >= 11 is 0. The van der Waals surface area contributed by atoms with Gasteiger partial charge in [-0.2, -0.15) is 0 Å². The molecule has 3 rings (SSSR count). The van der Waals surface area contributed by atoms with Crippen molar-refractivity contribution < 1.29 is 9.21 Å². The maximum absolute atomic E-state index is 12.1. The van der Waals surface area contributed by atoms with Crippen molar-refractivity contribution in [3.8, 4) is 0 Å². The number of nitrogens with one attached hydrogen (secondary N) is 1. The number of furan rings is 1. The van der Waals surface area contributed by atoms with E-state index < -0.39 is 0 Å². The molecule has 1 amide bonds. The van der Waals surface area contributed by atoms with Crippen LogP contribution >= 0.6 is 0 Å². The molecule has 1 saturated heterocycles. The molecule has 20 heavy (non-hydrogen) atoms. The van der Waals surface area contributed by atoms with Crippen LogP contribution < -0.4 is 5.32 Å². The van der Waals surface area contributed by atoms with Gasteiger partial charge in [-0.05, 0) is 50.4 Å². The SMILES string of the molecule is CC(CNC(=O)C1CC1c1ccco1)CN1CCCC1. The highest BCUT2D eigenvalue weighted by Gasteiger charge is 2.45. The number of rotatable bonds is 6. The summed E-state index contributed by atoms with van der Waals surface area (Å²) in [5.74, 6) is 2.10. The fourth-order valence-corrected chi connectivity index (χ4v) is 3.18. The average Bonchev–Trinajstić information content (AvgIpc) is 2.86. The van der Waals surface area contributed by atoms with Crippen LogP contribution in [-0.2, 0) is 4.79 Å². The highest BCUT2D eigenvalue weighted by Crippen LogP contribution is 2.47. The summed E-state index contributed by atoms with van der Waals surface area (Å²) in [5, 5.41) is 3.10. The summed E-state index contributed by atoms with van der Waals surface area (Å²) < 4.78 is 5.37. The van der Waals surface area contributed by atoms with Gasteiger partial charge in [0.15, 0.2) is 0 Å². The summed E-state index contributed by atoms with van der Waals surface area (Å²) in [6, 6.07) is 3.86. The summed E-state index contributed by atoms with van der Waals surface area (Å²) in [4.78, 5) is 14.6. The molecule has 3 atom stereocenters. The lowest BCUT2D eigenvalue weighted by Crippen LogP contribution is -2.35. The number of carbonyl (C=O) groups is 1. The Morgan fingerprint density at radius 2 is 2.30 bits per heavy atom. The van der Waals surface area contributed by atoms with Crippen molar-refractivity contribution >= 4 is 5.91 Å². The third kappa shape index (κ3) is 3.23. The molecule has 1 aromatic rings. The van der Waals surface area contributed by atoms with E-state index in [4.69, 9.17) is 4.42 Å². The van der Waals surface area contributed by atoms with Crippen LogP contribution in [0.2, 0.25) is 0 Å². The predicted octanol–water partition coefficient (Wildman–Crippen LogP) is 2.23. The molecule has 4 nitrogen and oxygen atoms in total. The third-order valence-electron chi connectivity index (χ3n) is 4.43. The van der Waals surface area contributed by atoms with Crippen LogP contribution in [0.5, 0.6) is 0 Å². The van der Waals surface area contributed by atoms with E-state index in [9.17, 15) is 4.79 Å². The van der Waals surface area contributed by atoms with Crippen molar-refractivity contribution in [2.24, 2.45) is 11.8 Å². The molecule has 2 aliphatic rings. The van der Waals surface area contributed by atoms with Gasteiger partial charge in [0.1, 0.15) is 5.76 Å². The van der Waals surface area contributed by atoms with Crippen LogP contribution in [0.15, 0.2) is 22.8 Å². The monoisotopic (exact) mass is 276 g/mol. The number of amides is 1. The zero-order chi connectivity index (χ0) is 13.9. The van der Waals surface area contributed by atoms with Gasteiger partial charge in [-0.15, -0.1) is 0 Å². The molecule has 1 saturated carbocycles. The lowest BCUT2D eigenvalue weighted by molar-refractivity contribution is -0.122. The summed E-state index contributed by atoms with van der Waals surface area (Å²) in [6.07, 6.45) is 5.26. The van der Waals surface area contributed by atoms with E-state index in [2.05, 4.69) is 17.1 Å². The van der Waals surface area contributed by atoms with Crippen LogP contribution in [-0.4, -0.2) is 37.0 Å². The molecular formula is C16H24N2O2. The quantitative estimate of drug-likeness (QED) is 0.866. The minimum Gasteiger partial charge on any atom is -0.469 e. The van der Waals surface area contributed by atoms with E-state index in [1.165, 1.54) is 25.9 Å². The molecule has 3 unspecified atom stereocenters. The highest BCUT2D eigenvalue weighted by molar-refractivity contribution is 5.82. The first kappa shape index (κ1) is 13.7. The molecule has 0 radical (unpaired) electrons. The Hall–Kier alpha value is -1.29. The Labute approximate surface area is 120 Å². The standard InChI is InChI=1S/C16H24N2O2/c1-12(11-18-6-2-3-7-18)10-17-16(19)14-9-13(14)15-5-4-8-20-15/h4-5,8,12-14H,2-3,6-7,9-11H2,1H3,(H,17,19). The van der Waals surface area contributed by atoms with Crippen LogP contribution in [0.3, 0.4) is 0 Å². The second-order valence-corrected chi connectivity index (χ2v) is 6.32. The Kier molecular flexibility index (Phi) is 4.10. The number of hydrogen-bond acceptors (Lipinski definition) is 3. The van der Waals surface area contributed by atoms with Gasteiger partial charge in [0.05, 0.1) is 6.26 Å². The largest absolute Gasteiger partial charge is 0.469 e. The minimum atomic E-state index is 0.125. The van der Waals surface area contributed by atoms with E-state index in [-0.39, 0.29) is 11.8 Å². The summed E-state index contributed by atoms with van der Waals surface area (Å²) in [7, 11) is 0. The van der Waals surface area contributed by atoms with Crippen molar-refractivity contribution in [3.63, 3.8) is 0 Å². The highest BCUT2D eigenvalue weighted by atomic mass is 16.3. The normalized spacial score (nSPS) is 27.4. The zero-order valence-electron chi connectivity index (χ0n) is 12.2. The molecule has 0 bridgehead atoms. The molecule has 1 aliphatic heterocycles. The van der Waals surface area contributed by atoms with Crippen LogP contribution in [0.4, 0.5) is 0 Å². The van der Waals surface area contributed by atoms with Crippen molar-refractivity contribution in [1.29, 1.82) is 0 Å². The van der Waals surface area contributed by atoms with Crippen LogP contribution in [0.25, 0.3) is 0 Å². The topological polar surface area (TPSA) is 45.5 Å². The van der Waals surface area contributed by atoms with E-state index in [1.54, 1.807) is 6.26 Å². The second kappa shape index (κ2) is 6.00. The Morgan fingerprint density at radius 1 is 1.50 bits per heavy atom. The molecule has 0 aromatic carbocycles. The Bertz CT molecular complexity index is 437. The second-order valence-electron chi connectivity index (χ2n) is 6.32. The van der Waals surface area contributed by atoms with Crippen molar-refractivity contribution in [1.82, 2.24) is 10.2 Å². The zero-order valence-corrected chi connectivity index (χ0v) is 12.2. The van der Waals surface area contributed by atoms with Gasteiger partial charge < -0.3 is 14.6 Å². The number of likely N-dealkylation sites (tertiary alicyclic amines) is 1. The summed E-state index contributed by atoms with van der Waals surface area (Å²) in [6.45, 7) is 6.56. The van der Waals surface area contributed by atoms with Crippen molar-refractivity contribution in [2.75, 3.05) is 26.2 Å². The van der Waals surface area contributed by atoms with Crippen molar-refractivity contribution in [2.45, 2.75) is 32.1 Å². The van der Waals surface area contributed by atoms with Gasteiger partial charge in [-0.1, -0.05) is 6.92 Å². The van der Waals surface area contributed by atoms with Gasteiger partial charge in [-0.25, -0.2) is 0 Å². The maximum atomic E-state index is 12.1. The number of nitrogens with zero attached hydrogens (tertiary/aromatic N) is 1. The number of carbonyl (C=O) groups excluding carboxylic acids is 1.